The first-order chi connectivity index (χ1) is 14.0. The molecule has 0 N–H and O–H groups in total. The van der Waals surface area contributed by atoms with Gasteiger partial charge in [-0.05, 0) is 30.2 Å². The van der Waals surface area contributed by atoms with E-state index >= 15 is 0 Å². The number of hydrogen-bond donors (Lipinski definition) is 0. The molecule has 1 amide bonds. The molecule has 1 aliphatic heterocycles. The Labute approximate surface area is 170 Å². The number of hydrogen-bond acceptors (Lipinski definition) is 5. The van der Waals surface area contributed by atoms with Gasteiger partial charge >= 0.3 is 0 Å². The molecule has 0 atom stereocenters. The topological polar surface area (TPSA) is 66.1 Å². The molecule has 1 aromatic carbocycles. The van der Waals surface area contributed by atoms with Crippen LogP contribution in [0.3, 0.4) is 0 Å². The van der Waals surface area contributed by atoms with Gasteiger partial charge in [-0.1, -0.05) is 30.3 Å². The number of aryl methyl sites for hydroxylation is 1. The molecule has 0 radical (unpaired) electrons. The second kappa shape index (κ2) is 8.93. The summed E-state index contributed by atoms with van der Waals surface area (Å²) in [5.74, 6) is 0.949. The van der Waals surface area contributed by atoms with Crippen molar-refractivity contribution in [1.82, 2.24) is 14.9 Å². The lowest BCUT2D eigenvalue weighted by Gasteiger charge is -2.13. The van der Waals surface area contributed by atoms with E-state index in [-0.39, 0.29) is 5.91 Å². The number of benzene rings is 1. The third-order valence-electron chi connectivity index (χ3n) is 4.55. The number of likely N-dealkylation sites (N-methyl/N-ethyl adjacent to an activating group) is 2. The van der Waals surface area contributed by atoms with Crippen LogP contribution in [-0.4, -0.2) is 53.8 Å². The summed E-state index contributed by atoms with van der Waals surface area (Å²) >= 11 is 0. The molecule has 0 unspecified atom stereocenters. The lowest BCUT2D eigenvalue weighted by molar-refractivity contribution is -0.121. The second-order valence-electron chi connectivity index (χ2n) is 6.67. The second-order valence-corrected chi connectivity index (χ2v) is 6.67. The minimum atomic E-state index is -0.173. The molecule has 7 heteroatoms. The van der Waals surface area contributed by atoms with E-state index in [9.17, 15) is 4.79 Å². The van der Waals surface area contributed by atoms with Gasteiger partial charge in [0.15, 0.2) is 0 Å². The number of amides is 1. The summed E-state index contributed by atoms with van der Waals surface area (Å²) in [6.45, 7) is 9.85. The zero-order valence-electron chi connectivity index (χ0n) is 16.7. The molecule has 0 saturated heterocycles. The first-order valence-electron chi connectivity index (χ1n) is 9.18. The van der Waals surface area contributed by atoms with E-state index in [1.54, 1.807) is 25.5 Å². The lowest BCUT2D eigenvalue weighted by atomic mass is 10.1. The van der Waals surface area contributed by atoms with E-state index in [1.807, 2.05) is 55.3 Å². The highest BCUT2D eigenvalue weighted by atomic mass is 16.2. The monoisotopic (exact) mass is 386 g/mol. The molecule has 3 rings (SSSR count). The first-order valence-corrected chi connectivity index (χ1v) is 9.18. The predicted molar refractivity (Wildman–Crippen MR) is 115 cm³/mol. The van der Waals surface area contributed by atoms with Gasteiger partial charge in [-0.3, -0.25) is 9.69 Å². The van der Waals surface area contributed by atoms with E-state index < -0.39 is 0 Å². The molecule has 0 fully saturated rings. The fourth-order valence-corrected chi connectivity index (χ4v) is 2.76. The van der Waals surface area contributed by atoms with Crippen molar-refractivity contribution in [1.29, 1.82) is 0 Å². The third kappa shape index (κ3) is 4.74. The Hall–Kier alpha value is -3.79. The highest BCUT2D eigenvalue weighted by Gasteiger charge is 2.25. The van der Waals surface area contributed by atoms with Gasteiger partial charge in [0.25, 0.3) is 5.91 Å². The fraction of sp³-hybridized carbons (Fsp3) is 0.227. The van der Waals surface area contributed by atoms with Gasteiger partial charge in [0.2, 0.25) is 12.5 Å². The summed E-state index contributed by atoms with van der Waals surface area (Å²) in [6.07, 6.45) is 8.77. The van der Waals surface area contributed by atoms with Crippen molar-refractivity contribution in [2.75, 3.05) is 32.1 Å². The minimum absolute atomic E-state index is 0.173. The summed E-state index contributed by atoms with van der Waals surface area (Å²) in [6, 6.07) is 8.03. The van der Waals surface area contributed by atoms with Crippen LogP contribution in [0.5, 0.6) is 0 Å². The maximum absolute atomic E-state index is 12.5. The average Bonchev–Trinajstić information content (AvgIpc) is 3.00. The van der Waals surface area contributed by atoms with Crippen LogP contribution in [0, 0.1) is 13.5 Å². The largest absolute Gasteiger partial charge is 0.336 e. The van der Waals surface area contributed by atoms with Crippen molar-refractivity contribution in [2.45, 2.75) is 6.92 Å². The molecule has 2 aromatic rings. The molecule has 146 valence electrons. The number of rotatable bonds is 6. The van der Waals surface area contributed by atoms with Crippen LogP contribution >= 0.6 is 0 Å². The van der Waals surface area contributed by atoms with E-state index in [0.717, 1.165) is 11.1 Å². The van der Waals surface area contributed by atoms with Gasteiger partial charge in [0.1, 0.15) is 11.5 Å². The van der Waals surface area contributed by atoms with Crippen LogP contribution in [0.25, 0.3) is 17.0 Å². The first kappa shape index (κ1) is 20.0. The maximum Gasteiger partial charge on any atom is 0.277 e. The number of aromatic nitrogens is 2. The van der Waals surface area contributed by atoms with Gasteiger partial charge in [0.05, 0.1) is 6.54 Å². The molecule has 7 nitrogen and oxygen atoms in total. The van der Waals surface area contributed by atoms with Crippen LogP contribution < -0.4 is 4.90 Å². The normalized spacial score (nSPS) is 15.1. The molecule has 0 saturated carbocycles. The molecule has 0 spiro atoms. The number of carbonyl (C=O) groups is 1. The predicted octanol–water partition coefficient (Wildman–Crippen LogP) is 3.07. The Bertz CT molecular complexity index is 1030. The quantitative estimate of drug-likeness (QED) is 0.565. The smallest absolute Gasteiger partial charge is 0.277 e. The fourth-order valence-electron chi connectivity index (χ4n) is 2.76. The summed E-state index contributed by atoms with van der Waals surface area (Å²) in [5, 5.41) is 0. The van der Waals surface area contributed by atoms with Crippen LogP contribution in [0.4, 0.5) is 5.95 Å². The molecule has 2 heterocycles. The third-order valence-corrected chi connectivity index (χ3v) is 4.55. The lowest BCUT2D eigenvalue weighted by Crippen LogP contribution is -2.26. The van der Waals surface area contributed by atoms with E-state index in [0.29, 0.717) is 36.1 Å². The van der Waals surface area contributed by atoms with Gasteiger partial charge in [-0.25, -0.2) is 21.5 Å². The SMILES string of the molecule is [C-]#[N+]CCN(C)c1ncc(/C=C2N=C(/C=C/c3ccccc3C)N(C)C\2=O)cn1. The van der Waals surface area contributed by atoms with Crippen molar-refractivity contribution in [2.24, 2.45) is 4.99 Å². The van der Waals surface area contributed by atoms with Crippen molar-refractivity contribution in [3.8, 4) is 0 Å². The number of amidine groups is 1. The molecule has 1 aromatic heterocycles. The van der Waals surface area contributed by atoms with E-state index in [2.05, 4.69) is 19.8 Å². The van der Waals surface area contributed by atoms with E-state index in [4.69, 9.17) is 6.57 Å². The van der Waals surface area contributed by atoms with Crippen molar-refractivity contribution < 1.29 is 4.79 Å². The van der Waals surface area contributed by atoms with Gasteiger partial charge in [-0.2, -0.15) is 0 Å². The molecule has 1 aliphatic rings. The number of aliphatic imine (C=N–C) groups is 1. The van der Waals surface area contributed by atoms with Crippen molar-refractivity contribution >= 4 is 29.8 Å². The molecule has 0 aliphatic carbocycles. The summed E-state index contributed by atoms with van der Waals surface area (Å²) in [5.41, 5.74) is 3.28. The van der Waals surface area contributed by atoms with Crippen LogP contribution in [-0.2, 0) is 4.79 Å². The molecule has 29 heavy (non-hydrogen) atoms. The standard InChI is InChI=1S/C22H22N6O/c1-16-7-5-6-8-18(16)9-10-20-26-19(21(29)28(20)4)13-17-14-24-22(25-15-17)27(3)12-11-23-2/h5-10,13-15H,11-12H2,1,3-4H3/b10-9+,19-13-. The Morgan fingerprint density at radius 2 is 1.93 bits per heavy atom. The van der Waals surface area contributed by atoms with Gasteiger partial charge < -0.3 is 9.74 Å². The average molecular weight is 386 g/mol. The molecular weight excluding hydrogens is 364 g/mol. The zero-order valence-corrected chi connectivity index (χ0v) is 16.7. The van der Waals surface area contributed by atoms with Crippen molar-refractivity contribution in [3.05, 3.63) is 76.5 Å². The van der Waals surface area contributed by atoms with E-state index in [1.165, 1.54) is 4.90 Å². The number of carbonyl (C=O) groups excluding carboxylic acids is 1. The van der Waals surface area contributed by atoms with Gasteiger partial charge in [0, 0.05) is 32.1 Å². The highest BCUT2D eigenvalue weighted by molar-refractivity contribution is 6.18. The summed E-state index contributed by atoms with van der Waals surface area (Å²) in [4.78, 5) is 32.3. The Kier molecular flexibility index (Phi) is 6.15. The number of anilines is 1. The molecule has 0 bridgehead atoms. The van der Waals surface area contributed by atoms with Crippen LogP contribution in [0.1, 0.15) is 16.7 Å². The molecular formula is C22H22N6O. The Balaban J connectivity index is 1.78. The Morgan fingerprint density at radius 3 is 2.62 bits per heavy atom. The highest BCUT2D eigenvalue weighted by Crippen LogP contribution is 2.19. The summed E-state index contributed by atoms with van der Waals surface area (Å²) in [7, 11) is 3.54. The van der Waals surface area contributed by atoms with Crippen molar-refractivity contribution in [3.63, 3.8) is 0 Å². The summed E-state index contributed by atoms with van der Waals surface area (Å²) < 4.78 is 0. The number of nitrogens with zero attached hydrogens (tertiary/aromatic N) is 6. The van der Waals surface area contributed by atoms with Gasteiger partial charge in [-0.15, -0.1) is 0 Å². The van der Waals surface area contributed by atoms with Crippen LogP contribution in [0.15, 0.2) is 53.4 Å². The minimum Gasteiger partial charge on any atom is -0.336 e. The maximum atomic E-state index is 12.5. The Morgan fingerprint density at radius 1 is 1.21 bits per heavy atom. The zero-order chi connectivity index (χ0) is 20.8. The van der Waals surface area contributed by atoms with Crippen LogP contribution in [0.2, 0.25) is 0 Å².